The standard InChI is InChI=1S/C17H18N6.CH4O3S/c18-7-5-15(12-3-1-2-4-12)23-10-13(9-22-23)16-14-6-8-19-17(14)21-11-20-16;1-5(2,3)4/h6,8-12,15H,1-5H2,(H,19,20,21);1H3,(H,2,3,4)/t15-;/m1./s1. The molecule has 3 heterocycles. The summed E-state index contributed by atoms with van der Waals surface area (Å²) in [6, 6.07) is 4.47. The minimum Gasteiger partial charge on any atom is -0.346 e. The van der Waals surface area contributed by atoms with Crippen molar-refractivity contribution in [2.75, 3.05) is 6.26 Å². The molecule has 0 aromatic carbocycles. The Labute approximate surface area is 163 Å². The van der Waals surface area contributed by atoms with E-state index in [0.29, 0.717) is 18.6 Å². The van der Waals surface area contributed by atoms with Crippen molar-refractivity contribution >= 4 is 21.2 Å². The molecule has 3 aromatic heterocycles. The van der Waals surface area contributed by atoms with Gasteiger partial charge < -0.3 is 4.98 Å². The third-order valence-corrected chi connectivity index (χ3v) is 4.81. The van der Waals surface area contributed by atoms with Gasteiger partial charge in [-0.1, -0.05) is 12.8 Å². The van der Waals surface area contributed by atoms with Crippen LogP contribution in [0.1, 0.15) is 38.1 Å². The van der Waals surface area contributed by atoms with E-state index in [-0.39, 0.29) is 6.04 Å². The van der Waals surface area contributed by atoms with Gasteiger partial charge in [0.25, 0.3) is 10.1 Å². The van der Waals surface area contributed by atoms with E-state index >= 15 is 0 Å². The minimum absolute atomic E-state index is 0.166. The van der Waals surface area contributed by atoms with Crippen LogP contribution in [0.25, 0.3) is 22.3 Å². The van der Waals surface area contributed by atoms with E-state index in [1.165, 1.54) is 25.7 Å². The van der Waals surface area contributed by atoms with E-state index < -0.39 is 10.1 Å². The molecule has 0 radical (unpaired) electrons. The lowest BCUT2D eigenvalue weighted by Gasteiger charge is -2.21. The summed E-state index contributed by atoms with van der Waals surface area (Å²) in [5.74, 6) is 0.556. The van der Waals surface area contributed by atoms with E-state index in [0.717, 1.165) is 22.3 Å². The average Bonchev–Trinajstić information content (AvgIpc) is 3.39. The number of nitrogens with one attached hydrogen (secondary N) is 1. The Bertz CT molecular complexity index is 1070. The van der Waals surface area contributed by atoms with Crippen molar-refractivity contribution in [3.05, 3.63) is 31.0 Å². The summed E-state index contributed by atoms with van der Waals surface area (Å²) in [5.41, 5.74) is 2.68. The van der Waals surface area contributed by atoms with Crippen LogP contribution < -0.4 is 0 Å². The van der Waals surface area contributed by atoms with E-state index in [1.807, 2.05) is 29.3 Å². The minimum atomic E-state index is -3.67. The van der Waals surface area contributed by atoms with Gasteiger partial charge >= 0.3 is 0 Å². The fourth-order valence-electron chi connectivity index (χ4n) is 3.66. The van der Waals surface area contributed by atoms with Gasteiger partial charge in [0.15, 0.2) is 0 Å². The van der Waals surface area contributed by atoms with Gasteiger partial charge in [-0.25, -0.2) is 9.97 Å². The molecule has 0 aliphatic heterocycles. The highest BCUT2D eigenvalue weighted by Gasteiger charge is 2.27. The SMILES string of the molecule is CS(=O)(=O)O.N#CC[C@H](C1CCCC1)n1cc(-c2ncnc3[nH]ccc23)cn1. The van der Waals surface area contributed by atoms with Crippen molar-refractivity contribution < 1.29 is 13.0 Å². The highest BCUT2D eigenvalue weighted by Crippen LogP contribution is 2.36. The highest BCUT2D eigenvalue weighted by molar-refractivity contribution is 7.85. The molecule has 0 saturated heterocycles. The molecule has 9 nitrogen and oxygen atoms in total. The van der Waals surface area contributed by atoms with Gasteiger partial charge in [-0.05, 0) is 24.8 Å². The molecule has 1 fully saturated rings. The second kappa shape index (κ2) is 8.50. The molecular formula is C18H22N6O3S. The van der Waals surface area contributed by atoms with Crippen LogP contribution in [0, 0.1) is 17.2 Å². The second-order valence-electron chi connectivity index (χ2n) is 6.88. The van der Waals surface area contributed by atoms with Gasteiger partial charge in [0, 0.05) is 23.3 Å². The number of fused-ring (bicyclic) bond motifs is 1. The summed E-state index contributed by atoms with van der Waals surface area (Å²) in [5, 5.41) is 14.7. The first kappa shape index (κ1) is 20.0. The zero-order valence-electron chi connectivity index (χ0n) is 15.5. The van der Waals surface area contributed by atoms with Crippen LogP contribution in [0.4, 0.5) is 0 Å². The maximum atomic E-state index is 9.19. The zero-order valence-corrected chi connectivity index (χ0v) is 16.3. The molecule has 1 saturated carbocycles. The van der Waals surface area contributed by atoms with Crippen LogP contribution in [-0.2, 0) is 10.1 Å². The van der Waals surface area contributed by atoms with Gasteiger partial charge in [0.1, 0.15) is 12.0 Å². The molecule has 3 aromatic rings. The van der Waals surface area contributed by atoms with Gasteiger partial charge in [-0.2, -0.15) is 18.8 Å². The summed E-state index contributed by atoms with van der Waals surface area (Å²) in [6.07, 6.45) is 13.4. The van der Waals surface area contributed by atoms with Crippen LogP contribution in [-0.4, -0.2) is 44.0 Å². The molecule has 1 aliphatic carbocycles. The molecule has 0 spiro atoms. The smallest absolute Gasteiger partial charge is 0.261 e. The van der Waals surface area contributed by atoms with Gasteiger partial charge in [0.05, 0.1) is 36.7 Å². The Morgan fingerprint density at radius 2 is 2.11 bits per heavy atom. The van der Waals surface area contributed by atoms with Crippen LogP contribution in [0.15, 0.2) is 31.0 Å². The van der Waals surface area contributed by atoms with Crippen molar-refractivity contribution in [3.63, 3.8) is 0 Å². The lowest BCUT2D eigenvalue weighted by molar-refractivity contribution is 0.315. The van der Waals surface area contributed by atoms with Gasteiger partial charge in [-0.15, -0.1) is 0 Å². The number of aromatic nitrogens is 5. The number of nitriles is 1. The van der Waals surface area contributed by atoms with E-state index in [9.17, 15) is 13.7 Å². The van der Waals surface area contributed by atoms with Crippen molar-refractivity contribution in [1.82, 2.24) is 24.7 Å². The van der Waals surface area contributed by atoms with E-state index in [1.54, 1.807) is 6.33 Å². The van der Waals surface area contributed by atoms with Crippen molar-refractivity contribution in [3.8, 4) is 17.3 Å². The largest absolute Gasteiger partial charge is 0.346 e. The molecule has 2 N–H and O–H groups in total. The summed E-state index contributed by atoms with van der Waals surface area (Å²) in [7, 11) is -3.67. The molecule has 0 unspecified atom stereocenters. The molecule has 0 amide bonds. The Morgan fingerprint density at radius 3 is 2.79 bits per heavy atom. The fourth-order valence-corrected chi connectivity index (χ4v) is 3.66. The first-order valence-electron chi connectivity index (χ1n) is 8.99. The predicted octanol–water partition coefficient (Wildman–Crippen LogP) is 2.97. The van der Waals surface area contributed by atoms with Crippen molar-refractivity contribution in [2.45, 2.75) is 38.1 Å². The third-order valence-electron chi connectivity index (χ3n) is 4.81. The Morgan fingerprint density at radius 1 is 1.39 bits per heavy atom. The average molecular weight is 402 g/mol. The van der Waals surface area contributed by atoms with E-state index in [4.69, 9.17) is 4.55 Å². The maximum absolute atomic E-state index is 9.19. The molecular weight excluding hydrogens is 380 g/mol. The van der Waals surface area contributed by atoms with Crippen LogP contribution in [0.5, 0.6) is 0 Å². The first-order valence-corrected chi connectivity index (χ1v) is 10.8. The number of nitrogens with zero attached hydrogens (tertiary/aromatic N) is 5. The number of hydrogen-bond donors (Lipinski definition) is 2. The van der Waals surface area contributed by atoms with Gasteiger partial charge in [-0.3, -0.25) is 9.23 Å². The lowest BCUT2D eigenvalue weighted by Crippen LogP contribution is -2.17. The second-order valence-corrected chi connectivity index (χ2v) is 8.34. The number of H-pyrrole nitrogens is 1. The fraction of sp³-hybridized carbons (Fsp3) is 0.444. The van der Waals surface area contributed by atoms with Crippen LogP contribution in [0.2, 0.25) is 0 Å². The van der Waals surface area contributed by atoms with Crippen molar-refractivity contribution in [1.29, 1.82) is 5.26 Å². The van der Waals surface area contributed by atoms with Crippen LogP contribution in [0.3, 0.4) is 0 Å². The molecule has 28 heavy (non-hydrogen) atoms. The highest BCUT2D eigenvalue weighted by atomic mass is 32.2. The number of rotatable bonds is 4. The molecule has 4 rings (SSSR count). The lowest BCUT2D eigenvalue weighted by atomic mass is 9.96. The first-order chi connectivity index (χ1) is 13.4. The van der Waals surface area contributed by atoms with Gasteiger partial charge in [0.2, 0.25) is 0 Å². The van der Waals surface area contributed by atoms with E-state index in [2.05, 4.69) is 26.1 Å². The normalized spacial score (nSPS) is 15.8. The quantitative estimate of drug-likeness (QED) is 0.640. The molecule has 1 aliphatic rings. The molecule has 1 atom stereocenters. The Kier molecular flexibility index (Phi) is 6.06. The molecule has 0 bridgehead atoms. The topological polar surface area (TPSA) is 138 Å². The Balaban J connectivity index is 0.000000403. The zero-order chi connectivity index (χ0) is 20.1. The van der Waals surface area contributed by atoms with Crippen molar-refractivity contribution in [2.24, 2.45) is 5.92 Å². The summed E-state index contributed by atoms with van der Waals surface area (Å²) in [4.78, 5) is 11.7. The third kappa shape index (κ3) is 4.94. The Hall–Kier alpha value is -2.77. The maximum Gasteiger partial charge on any atom is 0.261 e. The summed E-state index contributed by atoms with van der Waals surface area (Å²) >= 11 is 0. The summed E-state index contributed by atoms with van der Waals surface area (Å²) < 4.78 is 27.8. The number of hydrogen-bond acceptors (Lipinski definition) is 6. The monoisotopic (exact) mass is 402 g/mol. The summed E-state index contributed by atoms with van der Waals surface area (Å²) in [6.45, 7) is 0. The molecule has 148 valence electrons. The predicted molar refractivity (Wildman–Crippen MR) is 104 cm³/mol. The van der Waals surface area contributed by atoms with Crippen LogP contribution >= 0.6 is 0 Å². The number of aromatic amines is 1. The molecule has 10 heteroatoms.